The first-order chi connectivity index (χ1) is 6.76. The van der Waals surface area contributed by atoms with Crippen LogP contribution in [0.5, 0.6) is 0 Å². The third-order valence-electron chi connectivity index (χ3n) is 3.39. The zero-order valence-electron chi connectivity index (χ0n) is 8.41. The van der Waals surface area contributed by atoms with Crippen LogP contribution in [0.4, 0.5) is 0 Å². The summed E-state index contributed by atoms with van der Waals surface area (Å²) < 4.78 is 5.15. The molecule has 0 aromatic heterocycles. The van der Waals surface area contributed by atoms with Crippen LogP contribution in [-0.2, 0) is 4.74 Å². The van der Waals surface area contributed by atoms with E-state index in [9.17, 15) is 5.11 Å². The zero-order chi connectivity index (χ0) is 10.0. The number of hydrogen-bond donors (Lipinski definition) is 3. The molecule has 2 aliphatic rings. The molecule has 2 atom stereocenters. The maximum Gasteiger partial charge on any atom is 0.0948 e. The van der Waals surface area contributed by atoms with Crippen LogP contribution < -0.4 is 5.32 Å². The van der Waals surface area contributed by atoms with E-state index in [1.54, 1.807) is 0 Å². The molecule has 0 amide bonds. The van der Waals surface area contributed by atoms with Crippen LogP contribution in [0.2, 0.25) is 0 Å². The van der Waals surface area contributed by atoms with Crippen molar-refractivity contribution in [1.82, 2.24) is 5.32 Å². The van der Waals surface area contributed by atoms with Gasteiger partial charge in [-0.1, -0.05) is 0 Å². The van der Waals surface area contributed by atoms with Crippen LogP contribution in [0, 0.1) is 5.41 Å². The molecule has 82 valence electrons. The lowest BCUT2D eigenvalue weighted by Gasteiger charge is -2.19. The van der Waals surface area contributed by atoms with E-state index in [-0.39, 0.29) is 18.8 Å². The SMILES string of the molecule is OCCC1(CNC2COCC2O)CC1. The van der Waals surface area contributed by atoms with E-state index < -0.39 is 0 Å². The molecule has 0 spiro atoms. The lowest BCUT2D eigenvalue weighted by molar-refractivity contribution is 0.121. The predicted octanol–water partition coefficient (Wildman–Crippen LogP) is -0.502. The molecule has 0 radical (unpaired) electrons. The molecule has 4 heteroatoms. The second kappa shape index (κ2) is 4.14. The van der Waals surface area contributed by atoms with Gasteiger partial charge in [0, 0.05) is 13.2 Å². The van der Waals surface area contributed by atoms with Crippen molar-refractivity contribution in [2.45, 2.75) is 31.4 Å². The maximum atomic E-state index is 9.50. The highest BCUT2D eigenvalue weighted by atomic mass is 16.5. The minimum absolute atomic E-state index is 0.0890. The van der Waals surface area contributed by atoms with Gasteiger partial charge in [-0.25, -0.2) is 0 Å². The van der Waals surface area contributed by atoms with Crippen molar-refractivity contribution in [2.75, 3.05) is 26.4 Å². The lowest BCUT2D eigenvalue weighted by Crippen LogP contribution is -2.41. The molecule has 3 N–H and O–H groups in total. The fourth-order valence-electron chi connectivity index (χ4n) is 2.01. The number of ether oxygens (including phenoxy) is 1. The summed E-state index contributed by atoms with van der Waals surface area (Å²) in [7, 11) is 0. The zero-order valence-corrected chi connectivity index (χ0v) is 8.41. The van der Waals surface area contributed by atoms with Gasteiger partial charge >= 0.3 is 0 Å². The third kappa shape index (κ3) is 2.25. The van der Waals surface area contributed by atoms with Crippen LogP contribution >= 0.6 is 0 Å². The standard InChI is InChI=1S/C10H19NO3/c12-4-3-10(1-2-10)7-11-8-5-14-6-9(8)13/h8-9,11-13H,1-7H2. The van der Waals surface area contributed by atoms with Crippen molar-refractivity contribution in [3.05, 3.63) is 0 Å². The topological polar surface area (TPSA) is 61.7 Å². The normalized spacial score (nSPS) is 34.7. The number of aliphatic hydroxyl groups is 2. The van der Waals surface area contributed by atoms with E-state index in [4.69, 9.17) is 9.84 Å². The highest BCUT2D eigenvalue weighted by Gasteiger charge is 2.42. The molecule has 2 unspecified atom stereocenters. The smallest absolute Gasteiger partial charge is 0.0948 e. The Morgan fingerprint density at radius 3 is 2.64 bits per heavy atom. The lowest BCUT2D eigenvalue weighted by atomic mass is 10.0. The van der Waals surface area contributed by atoms with Crippen LogP contribution in [0.1, 0.15) is 19.3 Å². The molecule has 0 aromatic carbocycles. The molecule has 0 aromatic rings. The van der Waals surface area contributed by atoms with Gasteiger partial charge in [0.15, 0.2) is 0 Å². The van der Waals surface area contributed by atoms with E-state index in [1.807, 2.05) is 0 Å². The molecular formula is C10H19NO3. The first-order valence-electron chi connectivity index (χ1n) is 5.36. The Morgan fingerprint density at radius 2 is 2.14 bits per heavy atom. The van der Waals surface area contributed by atoms with Crippen LogP contribution in [0.3, 0.4) is 0 Å². The Hall–Kier alpha value is -0.160. The quantitative estimate of drug-likeness (QED) is 0.561. The summed E-state index contributed by atoms with van der Waals surface area (Å²) in [6, 6.07) is 0.0890. The molecule has 1 aliphatic carbocycles. The summed E-state index contributed by atoms with van der Waals surface area (Å²) in [5, 5.41) is 21.7. The van der Waals surface area contributed by atoms with E-state index in [0.29, 0.717) is 18.6 Å². The van der Waals surface area contributed by atoms with Gasteiger partial charge in [-0.2, -0.15) is 0 Å². The van der Waals surface area contributed by atoms with Gasteiger partial charge in [-0.3, -0.25) is 0 Å². The fourth-order valence-corrected chi connectivity index (χ4v) is 2.01. The summed E-state index contributed by atoms with van der Waals surface area (Å²) in [6.45, 7) is 2.23. The van der Waals surface area contributed by atoms with Crippen molar-refractivity contribution >= 4 is 0 Å². The molecule has 1 heterocycles. The monoisotopic (exact) mass is 201 g/mol. The molecule has 2 fully saturated rings. The van der Waals surface area contributed by atoms with Crippen molar-refractivity contribution in [1.29, 1.82) is 0 Å². The average Bonchev–Trinajstić information content (AvgIpc) is 2.81. The van der Waals surface area contributed by atoms with Crippen LogP contribution in [0.15, 0.2) is 0 Å². The maximum absolute atomic E-state index is 9.50. The Kier molecular flexibility index (Phi) is 3.07. The molecule has 14 heavy (non-hydrogen) atoms. The highest BCUT2D eigenvalue weighted by Crippen LogP contribution is 2.48. The minimum atomic E-state index is -0.361. The largest absolute Gasteiger partial charge is 0.396 e. The molecule has 1 aliphatic heterocycles. The average molecular weight is 201 g/mol. The van der Waals surface area contributed by atoms with Gasteiger partial charge in [0.05, 0.1) is 25.4 Å². The highest BCUT2D eigenvalue weighted by molar-refractivity contribution is 4.96. The van der Waals surface area contributed by atoms with Crippen LogP contribution in [-0.4, -0.2) is 48.7 Å². The van der Waals surface area contributed by atoms with Crippen molar-refractivity contribution in [2.24, 2.45) is 5.41 Å². The molecule has 2 rings (SSSR count). The molecule has 4 nitrogen and oxygen atoms in total. The molecule has 1 saturated heterocycles. The van der Waals surface area contributed by atoms with Gasteiger partial charge < -0.3 is 20.3 Å². The number of aliphatic hydroxyl groups excluding tert-OH is 2. The molecule has 0 bridgehead atoms. The summed E-state index contributed by atoms with van der Waals surface area (Å²) in [4.78, 5) is 0. The summed E-state index contributed by atoms with van der Waals surface area (Å²) in [5.74, 6) is 0. The van der Waals surface area contributed by atoms with Crippen molar-refractivity contribution in [3.8, 4) is 0 Å². The van der Waals surface area contributed by atoms with Crippen molar-refractivity contribution < 1.29 is 14.9 Å². The van der Waals surface area contributed by atoms with Crippen molar-refractivity contribution in [3.63, 3.8) is 0 Å². The van der Waals surface area contributed by atoms with E-state index in [0.717, 1.165) is 13.0 Å². The van der Waals surface area contributed by atoms with Gasteiger partial charge in [-0.05, 0) is 24.7 Å². The predicted molar refractivity (Wildman–Crippen MR) is 52.0 cm³/mol. The van der Waals surface area contributed by atoms with Gasteiger partial charge in [0.1, 0.15) is 0 Å². The second-order valence-electron chi connectivity index (χ2n) is 4.57. The van der Waals surface area contributed by atoms with Gasteiger partial charge in [0.25, 0.3) is 0 Å². The molecule has 1 saturated carbocycles. The number of hydrogen-bond acceptors (Lipinski definition) is 4. The Bertz CT molecular complexity index is 194. The molecular weight excluding hydrogens is 182 g/mol. The number of rotatable bonds is 5. The van der Waals surface area contributed by atoms with E-state index in [1.165, 1.54) is 12.8 Å². The summed E-state index contributed by atoms with van der Waals surface area (Å²) in [6.07, 6.45) is 2.91. The third-order valence-corrected chi connectivity index (χ3v) is 3.39. The van der Waals surface area contributed by atoms with Gasteiger partial charge in [-0.15, -0.1) is 0 Å². The Morgan fingerprint density at radius 1 is 1.36 bits per heavy atom. The second-order valence-corrected chi connectivity index (χ2v) is 4.57. The van der Waals surface area contributed by atoms with Gasteiger partial charge in [0.2, 0.25) is 0 Å². The Labute approximate surface area is 84.3 Å². The van der Waals surface area contributed by atoms with Crippen LogP contribution in [0.25, 0.3) is 0 Å². The Balaban J connectivity index is 1.71. The van der Waals surface area contributed by atoms with E-state index >= 15 is 0 Å². The minimum Gasteiger partial charge on any atom is -0.396 e. The summed E-state index contributed by atoms with van der Waals surface area (Å²) >= 11 is 0. The fraction of sp³-hybridized carbons (Fsp3) is 1.00. The first kappa shape index (κ1) is 10.4. The first-order valence-corrected chi connectivity index (χ1v) is 5.36. The summed E-state index contributed by atoms with van der Waals surface area (Å²) in [5.41, 5.74) is 0.317. The van der Waals surface area contributed by atoms with E-state index in [2.05, 4.69) is 5.32 Å². The number of nitrogens with one attached hydrogen (secondary N) is 1.